The molecule has 4 aliphatic carbocycles. The van der Waals surface area contributed by atoms with Gasteiger partial charge in [-0.1, -0.05) is 23.8 Å². The quantitative estimate of drug-likeness (QED) is 0.624. The molecule has 0 spiro atoms. The molecular weight excluding hydrogens is 172 g/mol. The third-order valence-electron chi connectivity index (χ3n) is 5.15. The van der Waals surface area contributed by atoms with Crippen molar-refractivity contribution >= 4 is 0 Å². The minimum Gasteiger partial charge on any atom is -0.392 e. The number of fused-ring (bicyclic) bond motifs is 8. The lowest BCUT2D eigenvalue weighted by Crippen LogP contribution is -2.18. The number of aliphatic hydroxyl groups excluding tert-OH is 1. The van der Waals surface area contributed by atoms with Crippen molar-refractivity contribution in [2.45, 2.75) is 12.8 Å². The zero-order valence-electron chi connectivity index (χ0n) is 8.26. The minimum atomic E-state index is 0.257. The summed E-state index contributed by atoms with van der Waals surface area (Å²) in [5.41, 5.74) is 1.61. The highest BCUT2D eigenvalue weighted by molar-refractivity contribution is 5.40. The van der Waals surface area contributed by atoms with Gasteiger partial charge in [0.1, 0.15) is 0 Å². The van der Waals surface area contributed by atoms with Gasteiger partial charge >= 0.3 is 0 Å². The highest BCUT2D eigenvalue weighted by Crippen LogP contribution is 2.74. The average molecular weight is 188 g/mol. The van der Waals surface area contributed by atoms with E-state index >= 15 is 0 Å². The Bertz CT molecular complexity index is 341. The van der Waals surface area contributed by atoms with Gasteiger partial charge in [0.2, 0.25) is 0 Å². The fourth-order valence-electron chi connectivity index (χ4n) is 4.79. The van der Waals surface area contributed by atoms with Crippen LogP contribution in [0.5, 0.6) is 0 Å². The van der Waals surface area contributed by atoms with Gasteiger partial charge in [0.25, 0.3) is 0 Å². The van der Waals surface area contributed by atoms with E-state index in [1.807, 2.05) is 0 Å². The second-order valence-electron chi connectivity index (χ2n) is 5.41. The molecule has 1 nitrogen and oxygen atoms in total. The maximum Gasteiger partial charge on any atom is 0.0615 e. The van der Waals surface area contributed by atoms with E-state index in [1.54, 1.807) is 5.57 Å². The lowest BCUT2D eigenvalue weighted by Gasteiger charge is -2.22. The van der Waals surface area contributed by atoms with Crippen LogP contribution in [0, 0.1) is 35.5 Å². The normalized spacial score (nSPS) is 59.4. The van der Waals surface area contributed by atoms with Gasteiger partial charge < -0.3 is 5.11 Å². The molecule has 0 saturated heterocycles. The van der Waals surface area contributed by atoms with Gasteiger partial charge in [-0.25, -0.2) is 0 Å². The SMILES string of the molecule is OC/C=C1\C2C3CC(C4CC=CC43)C12. The summed E-state index contributed by atoms with van der Waals surface area (Å²) in [4.78, 5) is 0. The molecule has 6 atom stereocenters. The monoisotopic (exact) mass is 188 g/mol. The van der Waals surface area contributed by atoms with E-state index in [1.165, 1.54) is 12.8 Å². The Kier molecular flexibility index (Phi) is 1.28. The molecule has 4 aliphatic rings. The number of hydrogen-bond donors (Lipinski definition) is 1. The molecule has 3 saturated carbocycles. The molecule has 6 unspecified atom stereocenters. The maximum atomic E-state index is 8.94. The van der Waals surface area contributed by atoms with Crippen LogP contribution in [0.15, 0.2) is 23.8 Å². The van der Waals surface area contributed by atoms with E-state index in [9.17, 15) is 0 Å². The van der Waals surface area contributed by atoms with E-state index in [4.69, 9.17) is 5.11 Å². The zero-order chi connectivity index (χ0) is 9.28. The maximum absolute atomic E-state index is 8.94. The summed E-state index contributed by atoms with van der Waals surface area (Å²) < 4.78 is 0. The first kappa shape index (κ1) is 7.70. The van der Waals surface area contributed by atoms with Gasteiger partial charge in [0.05, 0.1) is 6.61 Å². The van der Waals surface area contributed by atoms with E-state index in [-0.39, 0.29) is 6.61 Å². The first-order chi connectivity index (χ1) is 6.92. The van der Waals surface area contributed by atoms with Crippen LogP contribution in [0.2, 0.25) is 0 Å². The van der Waals surface area contributed by atoms with Crippen LogP contribution in [-0.2, 0) is 0 Å². The summed E-state index contributed by atoms with van der Waals surface area (Å²) in [5, 5.41) is 8.94. The second kappa shape index (κ2) is 2.33. The van der Waals surface area contributed by atoms with Crippen molar-refractivity contribution in [1.82, 2.24) is 0 Å². The third kappa shape index (κ3) is 0.692. The van der Waals surface area contributed by atoms with Crippen LogP contribution in [0.3, 0.4) is 0 Å². The Morgan fingerprint density at radius 2 is 2.14 bits per heavy atom. The molecule has 1 heteroatoms. The minimum absolute atomic E-state index is 0.257. The molecule has 0 aromatic rings. The van der Waals surface area contributed by atoms with Crippen LogP contribution in [0.4, 0.5) is 0 Å². The summed E-state index contributed by atoms with van der Waals surface area (Å²) >= 11 is 0. The molecule has 0 aromatic carbocycles. The van der Waals surface area contributed by atoms with Crippen LogP contribution < -0.4 is 0 Å². The molecule has 14 heavy (non-hydrogen) atoms. The van der Waals surface area contributed by atoms with E-state index in [0.717, 1.165) is 35.5 Å². The Balaban J connectivity index is 1.69. The number of hydrogen-bond acceptors (Lipinski definition) is 1. The van der Waals surface area contributed by atoms with Crippen molar-refractivity contribution in [3.05, 3.63) is 23.8 Å². The first-order valence-electron chi connectivity index (χ1n) is 5.89. The van der Waals surface area contributed by atoms with Crippen molar-refractivity contribution in [2.24, 2.45) is 35.5 Å². The molecule has 3 fully saturated rings. The van der Waals surface area contributed by atoms with Crippen LogP contribution in [0.25, 0.3) is 0 Å². The topological polar surface area (TPSA) is 20.2 Å². The van der Waals surface area contributed by atoms with E-state index in [0.29, 0.717) is 0 Å². The standard InChI is InChI=1S/C13H16O/c14-5-4-9-12-10-6-11(13(9)12)8-3-1-2-7(8)10/h1-2,4,7-8,10-14H,3,5-6H2/b9-4+. The molecule has 74 valence electrons. The Labute approximate surface area is 84.5 Å². The molecule has 0 amide bonds. The molecule has 0 aliphatic heterocycles. The fourth-order valence-corrected chi connectivity index (χ4v) is 4.79. The molecular formula is C13H16O. The van der Waals surface area contributed by atoms with Crippen LogP contribution in [0.1, 0.15) is 12.8 Å². The number of rotatable bonds is 1. The molecule has 0 radical (unpaired) electrons. The van der Waals surface area contributed by atoms with Crippen molar-refractivity contribution in [3.8, 4) is 0 Å². The smallest absolute Gasteiger partial charge is 0.0615 e. The lowest BCUT2D eigenvalue weighted by atomic mass is 9.82. The van der Waals surface area contributed by atoms with Gasteiger partial charge in [0.15, 0.2) is 0 Å². The highest BCUT2D eigenvalue weighted by Gasteiger charge is 2.67. The predicted molar refractivity (Wildman–Crippen MR) is 54.5 cm³/mol. The number of allylic oxidation sites excluding steroid dienone is 3. The largest absolute Gasteiger partial charge is 0.392 e. The molecule has 1 N–H and O–H groups in total. The second-order valence-corrected chi connectivity index (χ2v) is 5.41. The van der Waals surface area contributed by atoms with Crippen LogP contribution in [-0.4, -0.2) is 11.7 Å². The number of aliphatic hydroxyl groups is 1. The predicted octanol–water partition coefficient (Wildman–Crippen LogP) is 1.99. The molecule has 0 aromatic heterocycles. The van der Waals surface area contributed by atoms with Gasteiger partial charge in [-0.2, -0.15) is 0 Å². The summed E-state index contributed by atoms with van der Waals surface area (Å²) in [6.07, 6.45) is 9.77. The van der Waals surface area contributed by atoms with Crippen molar-refractivity contribution in [3.63, 3.8) is 0 Å². The van der Waals surface area contributed by atoms with Crippen molar-refractivity contribution < 1.29 is 5.11 Å². The fraction of sp³-hybridized carbons (Fsp3) is 0.692. The highest BCUT2D eigenvalue weighted by atomic mass is 16.2. The Hall–Kier alpha value is -0.560. The first-order valence-corrected chi connectivity index (χ1v) is 5.89. The summed E-state index contributed by atoms with van der Waals surface area (Å²) in [5.74, 6) is 5.59. The summed E-state index contributed by atoms with van der Waals surface area (Å²) in [6.45, 7) is 0.257. The zero-order valence-corrected chi connectivity index (χ0v) is 8.26. The molecule has 2 bridgehead atoms. The van der Waals surface area contributed by atoms with E-state index in [2.05, 4.69) is 18.2 Å². The van der Waals surface area contributed by atoms with E-state index < -0.39 is 0 Å². The average Bonchev–Trinajstić information content (AvgIpc) is 2.61. The molecule has 0 heterocycles. The van der Waals surface area contributed by atoms with Gasteiger partial charge in [-0.05, 0) is 48.3 Å². The summed E-state index contributed by atoms with van der Waals surface area (Å²) in [7, 11) is 0. The van der Waals surface area contributed by atoms with Crippen molar-refractivity contribution in [2.75, 3.05) is 6.61 Å². The van der Waals surface area contributed by atoms with Gasteiger partial charge in [-0.3, -0.25) is 0 Å². The van der Waals surface area contributed by atoms with Gasteiger partial charge in [-0.15, -0.1) is 0 Å². The Morgan fingerprint density at radius 1 is 1.29 bits per heavy atom. The Morgan fingerprint density at radius 3 is 3.00 bits per heavy atom. The summed E-state index contributed by atoms with van der Waals surface area (Å²) in [6, 6.07) is 0. The molecule has 4 rings (SSSR count). The van der Waals surface area contributed by atoms with Crippen LogP contribution >= 0.6 is 0 Å². The lowest BCUT2D eigenvalue weighted by molar-refractivity contribution is 0.272. The third-order valence-corrected chi connectivity index (χ3v) is 5.15. The van der Waals surface area contributed by atoms with Crippen molar-refractivity contribution in [1.29, 1.82) is 0 Å². The van der Waals surface area contributed by atoms with Gasteiger partial charge in [0, 0.05) is 0 Å².